The van der Waals surface area contributed by atoms with Gasteiger partial charge in [0.1, 0.15) is 0 Å². The molecule has 0 radical (unpaired) electrons. The fraction of sp³-hybridized carbons (Fsp3) is 0.923. The van der Waals surface area contributed by atoms with E-state index in [9.17, 15) is 9.90 Å². The number of rotatable bonds is 5. The summed E-state index contributed by atoms with van der Waals surface area (Å²) < 4.78 is 0. The van der Waals surface area contributed by atoms with Crippen molar-refractivity contribution in [3.05, 3.63) is 0 Å². The lowest BCUT2D eigenvalue weighted by atomic mass is 9.94. The largest absolute Gasteiger partial charge is 0.394 e. The molecule has 3 nitrogen and oxygen atoms in total. The van der Waals surface area contributed by atoms with Gasteiger partial charge in [0, 0.05) is 12.5 Å². The lowest BCUT2D eigenvalue weighted by Gasteiger charge is -2.27. The van der Waals surface area contributed by atoms with Gasteiger partial charge in [-0.3, -0.25) is 4.79 Å². The summed E-state index contributed by atoms with van der Waals surface area (Å²) >= 11 is 0. The molecule has 1 saturated heterocycles. The Balaban J connectivity index is 2.49. The van der Waals surface area contributed by atoms with Crippen LogP contribution < -0.4 is 0 Å². The van der Waals surface area contributed by atoms with Gasteiger partial charge in [-0.1, -0.05) is 27.2 Å². The average molecular weight is 227 g/mol. The summed E-state index contributed by atoms with van der Waals surface area (Å²) in [5, 5.41) is 9.20. The van der Waals surface area contributed by atoms with Crippen molar-refractivity contribution in [2.45, 2.75) is 52.5 Å². The number of aliphatic hydroxyl groups is 1. The summed E-state index contributed by atoms with van der Waals surface area (Å²) in [5.74, 6) is 0.938. The van der Waals surface area contributed by atoms with Gasteiger partial charge in [0.25, 0.3) is 0 Å². The van der Waals surface area contributed by atoms with E-state index in [0.717, 1.165) is 32.2 Å². The molecule has 16 heavy (non-hydrogen) atoms. The zero-order valence-corrected chi connectivity index (χ0v) is 10.8. The molecule has 0 spiro atoms. The predicted octanol–water partition coefficient (Wildman–Crippen LogP) is 2.04. The first kappa shape index (κ1) is 13.5. The van der Waals surface area contributed by atoms with Gasteiger partial charge in [0.05, 0.1) is 12.6 Å². The van der Waals surface area contributed by atoms with E-state index in [1.54, 1.807) is 0 Å². The summed E-state index contributed by atoms with van der Waals surface area (Å²) in [6.07, 6.45) is 4.08. The molecular formula is C13H25NO2. The average Bonchev–Trinajstić information content (AvgIpc) is 2.75. The Kier molecular flexibility index (Phi) is 5.26. The summed E-state index contributed by atoms with van der Waals surface area (Å²) in [6.45, 7) is 7.31. The molecule has 1 N–H and O–H groups in total. The quantitative estimate of drug-likeness (QED) is 0.781. The molecule has 0 saturated carbocycles. The molecular weight excluding hydrogens is 202 g/mol. The highest BCUT2D eigenvalue weighted by molar-refractivity contribution is 5.79. The Bertz CT molecular complexity index is 230. The van der Waals surface area contributed by atoms with Crippen molar-refractivity contribution in [1.29, 1.82) is 0 Å². The van der Waals surface area contributed by atoms with E-state index in [1.165, 1.54) is 0 Å². The van der Waals surface area contributed by atoms with Gasteiger partial charge in [0.15, 0.2) is 0 Å². The van der Waals surface area contributed by atoms with Crippen LogP contribution in [0.5, 0.6) is 0 Å². The van der Waals surface area contributed by atoms with Crippen LogP contribution in [-0.2, 0) is 4.79 Å². The fourth-order valence-electron chi connectivity index (χ4n) is 2.47. The molecule has 1 fully saturated rings. The smallest absolute Gasteiger partial charge is 0.225 e. The molecule has 1 aliphatic heterocycles. The SMILES string of the molecule is CC[C@H](C)C[C@@H](C)C(=O)N1CCC[C@H]1CO. The van der Waals surface area contributed by atoms with Crippen molar-refractivity contribution in [2.24, 2.45) is 11.8 Å². The fourth-order valence-corrected chi connectivity index (χ4v) is 2.47. The van der Waals surface area contributed by atoms with Gasteiger partial charge < -0.3 is 10.0 Å². The standard InChI is InChI=1S/C13H25NO2/c1-4-10(2)8-11(3)13(16)14-7-5-6-12(14)9-15/h10-12,15H,4-9H2,1-3H3/t10-,11+,12-/m0/s1. The third kappa shape index (κ3) is 3.21. The summed E-state index contributed by atoms with van der Waals surface area (Å²) in [7, 11) is 0. The van der Waals surface area contributed by atoms with Crippen LogP contribution in [-0.4, -0.2) is 35.1 Å². The summed E-state index contributed by atoms with van der Waals surface area (Å²) in [5.41, 5.74) is 0. The maximum absolute atomic E-state index is 12.2. The van der Waals surface area contributed by atoms with Crippen LogP contribution in [0.3, 0.4) is 0 Å². The second-order valence-corrected chi connectivity index (χ2v) is 5.16. The van der Waals surface area contributed by atoms with Crippen molar-refractivity contribution in [1.82, 2.24) is 4.90 Å². The van der Waals surface area contributed by atoms with E-state index >= 15 is 0 Å². The number of likely N-dealkylation sites (tertiary alicyclic amines) is 1. The highest BCUT2D eigenvalue weighted by Crippen LogP contribution is 2.23. The number of hydrogen-bond acceptors (Lipinski definition) is 2. The monoisotopic (exact) mass is 227 g/mol. The number of amides is 1. The minimum absolute atomic E-state index is 0.0758. The zero-order chi connectivity index (χ0) is 12.1. The van der Waals surface area contributed by atoms with Crippen LogP contribution in [0.15, 0.2) is 0 Å². The zero-order valence-electron chi connectivity index (χ0n) is 10.8. The van der Waals surface area contributed by atoms with Gasteiger partial charge in [-0.05, 0) is 25.2 Å². The number of nitrogens with zero attached hydrogens (tertiary/aromatic N) is 1. The van der Waals surface area contributed by atoms with Gasteiger partial charge in [0.2, 0.25) is 5.91 Å². The first-order valence-electron chi connectivity index (χ1n) is 6.51. The first-order valence-corrected chi connectivity index (χ1v) is 6.51. The van der Waals surface area contributed by atoms with Crippen molar-refractivity contribution < 1.29 is 9.90 Å². The molecule has 1 heterocycles. The van der Waals surface area contributed by atoms with Gasteiger partial charge in [-0.2, -0.15) is 0 Å². The van der Waals surface area contributed by atoms with Gasteiger partial charge in [-0.25, -0.2) is 0 Å². The Labute approximate surface area is 98.8 Å². The van der Waals surface area contributed by atoms with E-state index < -0.39 is 0 Å². The Morgan fingerprint density at radius 3 is 2.75 bits per heavy atom. The molecule has 0 aromatic heterocycles. The van der Waals surface area contributed by atoms with Crippen LogP contribution in [0, 0.1) is 11.8 Å². The molecule has 0 aliphatic carbocycles. The lowest BCUT2D eigenvalue weighted by Crippen LogP contribution is -2.41. The van der Waals surface area contributed by atoms with E-state index in [-0.39, 0.29) is 24.5 Å². The Morgan fingerprint density at radius 1 is 1.50 bits per heavy atom. The highest BCUT2D eigenvalue weighted by atomic mass is 16.3. The molecule has 3 atom stereocenters. The van der Waals surface area contributed by atoms with Crippen molar-refractivity contribution in [3.63, 3.8) is 0 Å². The second kappa shape index (κ2) is 6.24. The molecule has 94 valence electrons. The minimum atomic E-state index is 0.0758. The van der Waals surface area contributed by atoms with Crippen LogP contribution in [0.2, 0.25) is 0 Å². The van der Waals surface area contributed by atoms with E-state index in [1.807, 2.05) is 11.8 Å². The number of hydrogen-bond donors (Lipinski definition) is 1. The maximum Gasteiger partial charge on any atom is 0.225 e. The topological polar surface area (TPSA) is 40.5 Å². The van der Waals surface area contributed by atoms with Gasteiger partial charge in [-0.15, -0.1) is 0 Å². The van der Waals surface area contributed by atoms with E-state index in [2.05, 4.69) is 13.8 Å². The molecule has 0 unspecified atom stereocenters. The third-order valence-corrected chi connectivity index (χ3v) is 3.75. The highest BCUT2D eigenvalue weighted by Gasteiger charge is 2.30. The number of carbonyl (C=O) groups excluding carboxylic acids is 1. The minimum Gasteiger partial charge on any atom is -0.394 e. The molecule has 0 aromatic rings. The number of carbonyl (C=O) groups is 1. The molecule has 1 rings (SSSR count). The van der Waals surface area contributed by atoms with Crippen molar-refractivity contribution in [3.8, 4) is 0 Å². The summed E-state index contributed by atoms with van der Waals surface area (Å²) in [4.78, 5) is 14.1. The number of aliphatic hydroxyl groups excluding tert-OH is 1. The molecule has 0 bridgehead atoms. The molecule has 0 aromatic carbocycles. The molecule has 1 aliphatic rings. The Morgan fingerprint density at radius 2 is 2.19 bits per heavy atom. The second-order valence-electron chi connectivity index (χ2n) is 5.16. The van der Waals surface area contributed by atoms with Crippen LogP contribution in [0.4, 0.5) is 0 Å². The lowest BCUT2D eigenvalue weighted by molar-refractivity contribution is -0.137. The third-order valence-electron chi connectivity index (χ3n) is 3.75. The molecule has 1 amide bonds. The molecule has 3 heteroatoms. The predicted molar refractivity (Wildman–Crippen MR) is 65.1 cm³/mol. The van der Waals surface area contributed by atoms with Crippen LogP contribution in [0.25, 0.3) is 0 Å². The maximum atomic E-state index is 12.2. The van der Waals surface area contributed by atoms with E-state index in [0.29, 0.717) is 5.92 Å². The Hall–Kier alpha value is -0.570. The first-order chi connectivity index (χ1) is 7.60. The van der Waals surface area contributed by atoms with Crippen LogP contribution in [0.1, 0.15) is 46.5 Å². The summed E-state index contributed by atoms with van der Waals surface area (Å²) in [6, 6.07) is 0.0758. The van der Waals surface area contributed by atoms with E-state index in [4.69, 9.17) is 0 Å². The normalized spacial score (nSPS) is 24.5. The van der Waals surface area contributed by atoms with Gasteiger partial charge >= 0.3 is 0 Å². The van der Waals surface area contributed by atoms with Crippen molar-refractivity contribution in [2.75, 3.05) is 13.2 Å². The van der Waals surface area contributed by atoms with Crippen LogP contribution >= 0.6 is 0 Å². The van der Waals surface area contributed by atoms with Crippen molar-refractivity contribution >= 4 is 5.91 Å².